The molecule has 1 aromatic carbocycles. The number of aliphatic carboxylic acids is 1. The molecule has 4 fully saturated rings. The lowest BCUT2D eigenvalue weighted by Crippen LogP contribution is -2.43. The van der Waals surface area contributed by atoms with Gasteiger partial charge in [0.1, 0.15) is 5.75 Å². The molecule has 6 nitrogen and oxygen atoms in total. The van der Waals surface area contributed by atoms with Crippen molar-refractivity contribution in [3.8, 4) is 5.75 Å². The molecule has 0 heterocycles. The quantitative estimate of drug-likeness (QED) is 0.718. The summed E-state index contributed by atoms with van der Waals surface area (Å²) in [6.45, 7) is 0. The van der Waals surface area contributed by atoms with Gasteiger partial charge in [0.2, 0.25) is 0 Å². The second kappa shape index (κ2) is 8.36. The van der Waals surface area contributed by atoms with Crippen LogP contribution < -0.4 is 4.74 Å². The molecule has 32 heavy (non-hydrogen) atoms. The van der Waals surface area contributed by atoms with Gasteiger partial charge in [-0.1, -0.05) is 0 Å². The minimum absolute atomic E-state index is 0.0386. The van der Waals surface area contributed by atoms with E-state index in [4.69, 9.17) is 9.84 Å². The Morgan fingerprint density at radius 3 is 2.41 bits per heavy atom. The van der Waals surface area contributed by atoms with Crippen LogP contribution in [0.1, 0.15) is 74.6 Å². The van der Waals surface area contributed by atoms with Gasteiger partial charge in [-0.15, -0.1) is 0 Å². The average Bonchev–Trinajstić information content (AvgIpc) is 2.94. The number of hydrogen-bond donors (Lipinski definition) is 2. The van der Waals surface area contributed by atoms with Crippen LogP contribution in [0.2, 0.25) is 0 Å². The molecule has 5 unspecified atom stereocenters. The zero-order chi connectivity index (χ0) is 22.5. The standard InChI is InChI=1S/C26H35NO5/c1-27(23-11-2-16-12-19-14-26(31,13-16)15-22(19)23)24(28)17-3-7-20(8-4-17)32-21-9-5-18(6-10-21)25(29)30/h3-4,7-8,16,18-19,21-23,31H,2,5-6,9-15H2,1H3,(H,29,30). The van der Waals surface area contributed by atoms with Crippen LogP contribution in [0.15, 0.2) is 24.3 Å². The Morgan fingerprint density at radius 2 is 1.72 bits per heavy atom. The van der Waals surface area contributed by atoms with Crippen LogP contribution >= 0.6 is 0 Å². The number of rotatable bonds is 5. The van der Waals surface area contributed by atoms with Gasteiger partial charge in [0.05, 0.1) is 17.6 Å². The normalized spacial score (nSPS) is 38.2. The lowest BCUT2D eigenvalue weighted by molar-refractivity contribution is -0.143. The summed E-state index contributed by atoms with van der Waals surface area (Å²) in [5.41, 5.74) is 0.167. The number of hydrogen-bond acceptors (Lipinski definition) is 4. The molecule has 5 atom stereocenters. The highest BCUT2D eigenvalue weighted by molar-refractivity contribution is 5.94. The van der Waals surface area contributed by atoms with E-state index in [1.807, 2.05) is 36.2 Å². The Kier molecular flexibility index (Phi) is 5.68. The Hall–Kier alpha value is -2.08. The summed E-state index contributed by atoms with van der Waals surface area (Å²) >= 11 is 0. The highest BCUT2D eigenvalue weighted by Crippen LogP contribution is 2.56. The molecule has 5 rings (SSSR count). The number of carboxylic acid groups (broad SMARTS) is 1. The maximum atomic E-state index is 13.3. The fraction of sp³-hybridized carbons (Fsp3) is 0.692. The third kappa shape index (κ3) is 4.14. The van der Waals surface area contributed by atoms with Crippen LogP contribution in [0.25, 0.3) is 0 Å². The van der Waals surface area contributed by atoms with Gasteiger partial charge in [-0.25, -0.2) is 0 Å². The maximum absolute atomic E-state index is 13.3. The van der Waals surface area contributed by atoms with Crippen LogP contribution in [0, 0.1) is 23.7 Å². The molecule has 1 aromatic rings. The third-order valence-corrected chi connectivity index (χ3v) is 8.78. The highest BCUT2D eigenvalue weighted by Gasteiger charge is 2.54. The Balaban J connectivity index is 1.21. The molecule has 0 aliphatic heterocycles. The number of aliphatic hydroxyl groups is 1. The molecule has 4 aliphatic carbocycles. The fourth-order valence-electron chi connectivity index (χ4n) is 7.22. The molecule has 0 spiro atoms. The van der Waals surface area contributed by atoms with E-state index in [2.05, 4.69) is 0 Å². The van der Waals surface area contributed by atoms with Crippen LogP contribution in [-0.4, -0.2) is 51.8 Å². The Labute approximate surface area is 189 Å². The first kappa shape index (κ1) is 21.7. The van der Waals surface area contributed by atoms with Crippen molar-refractivity contribution in [3.63, 3.8) is 0 Å². The molecule has 2 N–H and O–H groups in total. The van der Waals surface area contributed by atoms with Crippen LogP contribution in [0.4, 0.5) is 0 Å². The molecule has 4 aliphatic rings. The fourth-order valence-corrected chi connectivity index (χ4v) is 7.22. The van der Waals surface area contributed by atoms with Crippen molar-refractivity contribution in [2.24, 2.45) is 23.7 Å². The lowest BCUT2D eigenvalue weighted by atomic mass is 9.77. The topological polar surface area (TPSA) is 87.1 Å². The largest absolute Gasteiger partial charge is 0.490 e. The lowest BCUT2D eigenvalue weighted by Gasteiger charge is -2.36. The summed E-state index contributed by atoms with van der Waals surface area (Å²) in [6.07, 6.45) is 8.89. The second-order valence-corrected chi connectivity index (χ2v) is 10.9. The molecule has 1 amide bonds. The SMILES string of the molecule is CN(C(=O)c1ccc(OC2CCC(C(=O)O)CC2)cc1)C1CCC2CC3CC(O)(C2)CC31. The number of amides is 1. The zero-order valence-electron chi connectivity index (χ0n) is 18.9. The minimum Gasteiger partial charge on any atom is -0.490 e. The van der Waals surface area contributed by atoms with Gasteiger partial charge in [0.15, 0.2) is 0 Å². The number of carboxylic acids is 1. The molecule has 0 saturated heterocycles. The predicted octanol–water partition coefficient (Wildman–Crippen LogP) is 4.11. The summed E-state index contributed by atoms with van der Waals surface area (Å²) in [6, 6.07) is 7.59. The van der Waals surface area contributed by atoms with Crippen LogP contribution in [-0.2, 0) is 4.79 Å². The predicted molar refractivity (Wildman–Crippen MR) is 119 cm³/mol. The van der Waals surface area contributed by atoms with Gasteiger partial charge in [0, 0.05) is 18.7 Å². The summed E-state index contributed by atoms with van der Waals surface area (Å²) in [5.74, 6) is 1.38. The molecule has 6 heteroatoms. The highest BCUT2D eigenvalue weighted by atomic mass is 16.5. The molecule has 174 valence electrons. The molecular weight excluding hydrogens is 406 g/mol. The first-order chi connectivity index (χ1) is 15.3. The molecule has 4 saturated carbocycles. The summed E-state index contributed by atoms with van der Waals surface area (Å²) in [4.78, 5) is 26.3. The van der Waals surface area contributed by atoms with Crippen molar-refractivity contribution in [2.75, 3.05) is 7.05 Å². The van der Waals surface area contributed by atoms with Crippen molar-refractivity contribution in [1.82, 2.24) is 4.90 Å². The molecular formula is C26H35NO5. The van der Waals surface area contributed by atoms with Gasteiger partial charge in [0.25, 0.3) is 5.91 Å². The van der Waals surface area contributed by atoms with Gasteiger partial charge < -0.3 is 19.8 Å². The Bertz CT molecular complexity index is 861. The number of ether oxygens (including phenoxy) is 1. The first-order valence-electron chi connectivity index (χ1n) is 12.3. The van der Waals surface area contributed by atoms with E-state index in [-0.39, 0.29) is 24.0 Å². The number of benzene rings is 1. The van der Waals surface area contributed by atoms with Crippen molar-refractivity contribution in [3.05, 3.63) is 29.8 Å². The molecule has 0 aromatic heterocycles. The number of carbonyl (C=O) groups excluding carboxylic acids is 1. The van der Waals surface area contributed by atoms with Gasteiger partial charge in [-0.3, -0.25) is 9.59 Å². The number of fused-ring (bicyclic) bond motifs is 2. The van der Waals surface area contributed by atoms with Gasteiger partial charge in [-0.05, 0) is 106 Å². The van der Waals surface area contributed by atoms with E-state index in [1.165, 1.54) is 6.42 Å². The van der Waals surface area contributed by atoms with Crippen LogP contribution in [0.3, 0.4) is 0 Å². The number of carbonyl (C=O) groups is 2. The monoisotopic (exact) mass is 441 g/mol. The van der Waals surface area contributed by atoms with E-state index in [9.17, 15) is 14.7 Å². The van der Waals surface area contributed by atoms with E-state index in [0.29, 0.717) is 36.2 Å². The maximum Gasteiger partial charge on any atom is 0.306 e. The van der Waals surface area contributed by atoms with E-state index < -0.39 is 11.6 Å². The summed E-state index contributed by atoms with van der Waals surface area (Å²) < 4.78 is 6.05. The van der Waals surface area contributed by atoms with Crippen molar-refractivity contribution < 1.29 is 24.5 Å². The molecule has 0 radical (unpaired) electrons. The van der Waals surface area contributed by atoms with Crippen molar-refractivity contribution >= 4 is 11.9 Å². The average molecular weight is 442 g/mol. The van der Waals surface area contributed by atoms with E-state index in [1.54, 1.807) is 0 Å². The summed E-state index contributed by atoms with van der Waals surface area (Å²) in [7, 11) is 1.93. The van der Waals surface area contributed by atoms with E-state index >= 15 is 0 Å². The zero-order valence-corrected chi connectivity index (χ0v) is 18.9. The minimum atomic E-state index is -0.709. The van der Waals surface area contributed by atoms with Crippen molar-refractivity contribution in [1.29, 1.82) is 0 Å². The third-order valence-electron chi connectivity index (χ3n) is 8.78. The molecule has 3 bridgehead atoms. The van der Waals surface area contributed by atoms with Gasteiger partial charge in [-0.2, -0.15) is 0 Å². The number of nitrogens with zero attached hydrogens (tertiary/aromatic N) is 1. The van der Waals surface area contributed by atoms with Gasteiger partial charge >= 0.3 is 5.97 Å². The first-order valence-corrected chi connectivity index (χ1v) is 12.3. The second-order valence-electron chi connectivity index (χ2n) is 10.9. The van der Waals surface area contributed by atoms with Crippen molar-refractivity contribution in [2.45, 2.75) is 82.0 Å². The summed E-state index contributed by atoms with van der Waals surface area (Å²) in [5, 5.41) is 20.1. The smallest absolute Gasteiger partial charge is 0.306 e. The van der Waals surface area contributed by atoms with Crippen LogP contribution in [0.5, 0.6) is 5.75 Å². The Morgan fingerprint density at radius 1 is 1.00 bits per heavy atom. The van der Waals surface area contributed by atoms with E-state index in [0.717, 1.165) is 50.7 Å².